The van der Waals surface area contributed by atoms with Crippen molar-refractivity contribution < 1.29 is 23.1 Å². The van der Waals surface area contributed by atoms with Gasteiger partial charge >= 0.3 is 0 Å². The Hall–Kier alpha value is -1.64. The molecular weight excluding hydrogens is 296 g/mol. The summed E-state index contributed by atoms with van der Waals surface area (Å²) in [4.78, 5) is 11.2. The van der Waals surface area contributed by atoms with E-state index < -0.39 is 22.0 Å². The SMILES string of the molecule is CCCC(O)CNS(=O)(=O)c1ccc(OC)c(C(N)=O)c1. The summed E-state index contributed by atoms with van der Waals surface area (Å²) in [5.74, 6) is -0.581. The molecule has 1 aromatic rings. The molecule has 0 saturated heterocycles. The van der Waals surface area contributed by atoms with Crippen LogP contribution in [-0.2, 0) is 10.0 Å². The van der Waals surface area contributed by atoms with Crippen LogP contribution in [-0.4, -0.2) is 39.2 Å². The molecule has 0 heterocycles. The van der Waals surface area contributed by atoms with E-state index in [9.17, 15) is 18.3 Å². The van der Waals surface area contributed by atoms with Gasteiger partial charge in [-0.3, -0.25) is 4.79 Å². The molecule has 0 spiro atoms. The summed E-state index contributed by atoms with van der Waals surface area (Å²) < 4.78 is 31.4. The van der Waals surface area contributed by atoms with Crippen LogP contribution >= 0.6 is 0 Å². The molecule has 21 heavy (non-hydrogen) atoms. The predicted molar refractivity (Wildman–Crippen MR) is 77.6 cm³/mol. The van der Waals surface area contributed by atoms with E-state index in [1.807, 2.05) is 6.92 Å². The summed E-state index contributed by atoms with van der Waals surface area (Å²) >= 11 is 0. The zero-order valence-corrected chi connectivity index (χ0v) is 12.8. The molecule has 1 amide bonds. The third-order valence-corrected chi connectivity index (χ3v) is 4.30. The Balaban J connectivity index is 2.98. The van der Waals surface area contributed by atoms with Crippen LogP contribution in [0.15, 0.2) is 23.1 Å². The van der Waals surface area contributed by atoms with Crippen molar-refractivity contribution in [2.45, 2.75) is 30.8 Å². The molecule has 0 aliphatic carbocycles. The van der Waals surface area contributed by atoms with Gasteiger partial charge in [-0.05, 0) is 24.6 Å². The van der Waals surface area contributed by atoms with Gasteiger partial charge in [0, 0.05) is 6.54 Å². The molecule has 7 nitrogen and oxygen atoms in total. The average Bonchev–Trinajstić information content (AvgIpc) is 2.44. The number of nitrogens with one attached hydrogen (secondary N) is 1. The van der Waals surface area contributed by atoms with E-state index in [-0.39, 0.29) is 22.8 Å². The number of amides is 1. The number of methoxy groups -OCH3 is 1. The Morgan fingerprint density at radius 1 is 1.48 bits per heavy atom. The van der Waals surface area contributed by atoms with Crippen molar-refractivity contribution >= 4 is 15.9 Å². The molecule has 1 atom stereocenters. The van der Waals surface area contributed by atoms with Crippen LogP contribution in [0, 0.1) is 0 Å². The number of benzene rings is 1. The number of nitrogens with two attached hydrogens (primary N) is 1. The van der Waals surface area contributed by atoms with E-state index in [0.717, 1.165) is 12.5 Å². The molecule has 0 aromatic heterocycles. The first kappa shape index (κ1) is 17.4. The Kier molecular flexibility index (Phi) is 6.13. The van der Waals surface area contributed by atoms with Crippen LogP contribution in [0.3, 0.4) is 0 Å². The van der Waals surface area contributed by atoms with E-state index in [1.165, 1.54) is 19.2 Å². The summed E-state index contributed by atoms with van der Waals surface area (Å²) in [6, 6.07) is 3.81. The Labute approximate surface area is 124 Å². The molecule has 1 aromatic carbocycles. The molecule has 0 fully saturated rings. The largest absolute Gasteiger partial charge is 0.496 e. The third kappa shape index (κ3) is 4.69. The Bertz CT molecular complexity index is 601. The lowest BCUT2D eigenvalue weighted by Gasteiger charge is -2.12. The minimum Gasteiger partial charge on any atom is -0.496 e. The third-order valence-electron chi connectivity index (χ3n) is 2.88. The highest BCUT2D eigenvalue weighted by molar-refractivity contribution is 7.89. The van der Waals surface area contributed by atoms with Gasteiger partial charge < -0.3 is 15.6 Å². The van der Waals surface area contributed by atoms with Gasteiger partial charge in [0.1, 0.15) is 5.75 Å². The van der Waals surface area contributed by atoms with Crippen molar-refractivity contribution in [3.63, 3.8) is 0 Å². The molecule has 118 valence electrons. The Morgan fingerprint density at radius 3 is 2.67 bits per heavy atom. The van der Waals surface area contributed by atoms with E-state index in [1.54, 1.807) is 0 Å². The second-order valence-corrected chi connectivity index (χ2v) is 6.29. The smallest absolute Gasteiger partial charge is 0.252 e. The predicted octanol–water partition coefficient (Wildman–Crippen LogP) is 0.233. The second kappa shape index (κ2) is 7.39. The standard InChI is InChI=1S/C13H20N2O5S/c1-3-4-9(16)8-15-21(18,19)10-5-6-12(20-2)11(7-10)13(14)17/h5-7,9,15-16H,3-4,8H2,1-2H3,(H2,14,17). The van der Waals surface area contributed by atoms with Gasteiger partial charge in [0.05, 0.1) is 23.7 Å². The summed E-state index contributed by atoms with van der Waals surface area (Å²) in [5.41, 5.74) is 5.17. The first-order valence-corrected chi connectivity index (χ1v) is 7.95. The Morgan fingerprint density at radius 2 is 2.14 bits per heavy atom. The number of ether oxygens (including phenoxy) is 1. The number of primary amides is 1. The zero-order valence-electron chi connectivity index (χ0n) is 12.0. The highest BCUT2D eigenvalue weighted by Crippen LogP contribution is 2.21. The lowest BCUT2D eigenvalue weighted by molar-refractivity contribution is 0.0997. The fraction of sp³-hybridized carbons (Fsp3) is 0.462. The van der Waals surface area contributed by atoms with Crippen molar-refractivity contribution in [3.05, 3.63) is 23.8 Å². The monoisotopic (exact) mass is 316 g/mol. The first-order valence-electron chi connectivity index (χ1n) is 6.47. The normalized spacial score (nSPS) is 12.9. The van der Waals surface area contributed by atoms with Gasteiger partial charge in [-0.25, -0.2) is 13.1 Å². The van der Waals surface area contributed by atoms with Gasteiger partial charge in [0.2, 0.25) is 10.0 Å². The van der Waals surface area contributed by atoms with Gasteiger partial charge in [-0.2, -0.15) is 0 Å². The van der Waals surface area contributed by atoms with Crippen LogP contribution in [0.25, 0.3) is 0 Å². The van der Waals surface area contributed by atoms with E-state index in [0.29, 0.717) is 6.42 Å². The fourth-order valence-electron chi connectivity index (χ4n) is 1.77. The average molecular weight is 316 g/mol. The van der Waals surface area contributed by atoms with E-state index in [2.05, 4.69) is 4.72 Å². The van der Waals surface area contributed by atoms with Crippen LogP contribution in [0.4, 0.5) is 0 Å². The van der Waals surface area contributed by atoms with E-state index in [4.69, 9.17) is 10.5 Å². The molecule has 4 N–H and O–H groups in total. The molecule has 8 heteroatoms. The molecule has 0 radical (unpaired) electrons. The summed E-state index contributed by atoms with van der Waals surface area (Å²) in [5, 5.41) is 9.56. The fourth-order valence-corrected chi connectivity index (χ4v) is 2.87. The number of aliphatic hydroxyl groups excluding tert-OH is 1. The molecular formula is C13H20N2O5S. The topological polar surface area (TPSA) is 119 Å². The van der Waals surface area contributed by atoms with E-state index >= 15 is 0 Å². The highest BCUT2D eigenvalue weighted by Gasteiger charge is 2.19. The summed E-state index contributed by atoms with van der Waals surface area (Å²) in [7, 11) is -2.47. The minimum absolute atomic E-state index is 0.0190. The van der Waals surface area contributed by atoms with Crippen molar-refractivity contribution in [1.29, 1.82) is 0 Å². The molecule has 0 aliphatic heterocycles. The number of hydrogen-bond donors (Lipinski definition) is 3. The van der Waals surface area contributed by atoms with Crippen molar-refractivity contribution in [2.75, 3.05) is 13.7 Å². The number of aliphatic hydroxyl groups is 1. The summed E-state index contributed by atoms with van der Waals surface area (Å²) in [6.07, 6.45) is 0.494. The van der Waals surface area contributed by atoms with Gasteiger partial charge in [0.15, 0.2) is 0 Å². The maximum absolute atomic E-state index is 12.1. The van der Waals surface area contributed by atoms with Gasteiger partial charge in [-0.15, -0.1) is 0 Å². The van der Waals surface area contributed by atoms with Crippen LogP contribution in [0.5, 0.6) is 5.75 Å². The zero-order chi connectivity index (χ0) is 16.0. The maximum Gasteiger partial charge on any atom is 0.252 e. The molecule has 0 bridgehead atoms. The number of hydrogen-bond acceptors (Lipinski definition) is 5. The highest BCUT2D eigenvalue weighted by atomic mass is 32.2. The quantitative estimate of drug-likeness (QED) is 0.634. The summed E-state index contributed by atoms with van der Waals surface area (Å²) in [6.45, 7) is 1.80. The number of rotatable bonds is 8. The van der Waals surface area contributed by atoms with Crippen molar-refractivity contribution in [3.8, 4) is 5.75 Å². The lowest BCUT2D eigenvalue weighted by atomic mass is 10.2. The lowest BCUT2D eigenvalue weighted by Crippen LogP contribution is -2.32. The molecule has 0 saturated carbocycles. The molecule has 0 aliphatic rings. The number of carbonyl (C=O) groups excluding carboxylic acids is 1. The van der Waals surface area contributed by atoms with Gasteiger partial charge in [-0.1, -0.05) is 13.3 Å². The molecule has 1 rings (SSSR count). The van der Waals surface area contributed by atoms with Crippen LogP contribution in [0.1, 0.15) is 30.1 Å². The van der Waals surface area contributed by atoms with Crippen molar-refractivity contribution in [1.82, 2.24) is 4.72 Å². The second-order valence-electron chi connectivity index (χ2n) is 4.52. The minimum atomic E-state index is -3.83. The van der Waals surface area contributed by atoms with Gasteiger partial charge in [0.25, 0.3) is 5.91 Å². The number of carbonyl (C=O) groups is 1. The molecule has 1 unspecified atom stereocenters. The van der Waals surface area contributed by atoms with Crippen molar-refractivity contribution in [2.24, 2.45) is 5.73 Å². The first-order chi connectivity index (χ1) is 9.81. The van der Waals surface area contributed by atoms with Crippen LogP contribution in [0.2, 0.25) is 0 Å². The number of sulfonamides is 1. The maximum atomic E-state index is 12.1. The van der Waals surface area contributed by atoms with Crippen LogP contribution < -0.4 is 15.2 Å².